The molecule has 0 aliphatic carbocycles. The second kappa shape index (κ2) is 5.83. The van der Waals surface area contributed by atoms with E-state index in [9.17, 15) is 14.4 Å². The first-order valence-corrected chi connectivity index (χ1v) is 6.37. The van der Waals surface area contributed by atoms with Crippen LogP contribution in [0, 0.1) is 0 Å². The summed E-state index contributed by atoms with van der Waals surface area (Å²) in [6, 6.07) is 2.34. The molecule has 1 aliphatic heterocycles. The predicted octanol–water partition coefficient (Wildman–Crippen LogP) is -1.60. The number of nitrogens with zero attached hydrogens (tertiary/aromatic N) is 3. The molecule has 0 radical (unpaired) electrons. The number of H-pyrrole nitrogens is 1. The molecule has 0 saturated carbocycles. The highest BCUT2D eigenvalue weighted by atomic mass is 16.2. The maximum absolute atomic E-state index is 12.2. The van der Waals surface area contributed by atoms with Crippen LogP contribution in [0.3, 0.4) is 0 Å². The quantitative estimate of drug-likeness (QED) is 0.692. The van der Waals surface area contributed by atoms with Crippen molar-refractivity contribution in [3.63, 3.8) is 0 Å². The Morgan fingerprint density at radius 1 is 1.30 bits per heavy atom. The monoisotopic (exact) mass is 279 g/mol. The molecule has 108 valence electrons. The summed E-state index contributed by atoms with van der Waals surface area (Å²) in [4.78, 5) is 37.8. The number of piperazine rings is 1. The fraction of sp³-hybridized carbons (Fsp3) is 0.500. The van der Waals surface area contributed by atoms with Crippen molar-refractivity contribution in [2.75, 3.05) is 26.2 Å². The number of nitrogens with one attached hydrogen (secondary N) is 1. The minimum absolute atomic E-state index is 0.209. The SMILES string of the molecule is CC(C(N)=O)N1CCN(C(=O)c2ccc(=O)[nH]n2)CC1. The Balaban J connectivity index is 1.97. The molecule has 1 fully saturated rings. The van der Waals surface area contributed by atoms with Crippen molar-refractivity contribution in [3.05, 3.63) is 28.2 Å². The highest BCUT2D eigenvalue weighted by Gasteiger charge is 2.27. The molecule has 0 bridgehead atoms. The number of rotatable bonds is 3. The fourth-order valence-corrected chi connectivity index (χ4v) is 2.12. The van der Waals surface area contributed by atoms with Gasteiger partial charge in [0.1, 0.15) is 5.69 Å². The zero-order chi connectivity index (χ0) is 14.7. The zero-order valence-electron chi connectivity index (χ0n) is 11.2. The first kappa shape index (κ1) is 14.2. The summed E-state index contributed by atoms with van der Waals surface area (Å²) < 4.78 is 0. The van der Waals surface area contributed by atoms with Crippen LogP contribution in [0.4, 0.5) is 0 Å². The Labute approximate surface area is 115 Å². The smallest absolute Gasteiger partial charge is 0.274 e. The molecular weight excluding hydrogens is 262 g/mol. The molecule has 1 aromatic rings. The number of primary amides is 1. The van der Waals surface area contributed by atoms with E-state index >= 15 is 0 Å². The number of amides is 2. The van der Waals surface area contributed by atoms with Crippen molar-refractivity contribution in [2.24, 2.45) is 5.73 Å². The minimum Gasteiger partial charge on any atom is -0.368 e. The first-order chi connectivity index (χ1) is 9.49. The van der Waals surface area contributed by atoms with Crippen LogP contribution in [0.5, 0.6) is 0 Å². The normalized spacial score (nSPS) is 17.8. The molecule has 8 nitrogen and oxygen atoms in total. The van der Waals surface area contributed by atoms with Crippen LogP contribution in [0.25, 0.3) is 0 Å². The number of nitrogens with two attached hydrogens (primary N) is 1. The summed E-state index contributed by atoms with van der Waals surface area (Å²) in [5, 5.41) is 5.96. The number of aromatic nitrogens is 2. The minimum atomic E-state index is -0.368. The van der Waals surface area contributed by atoms with Gasteiger partial charge in [-0.15, -0.1) is 0 Å². The van der Waals surface area contributed by atoms with Crippen molar-refractivity contribution >= 4 is 11.8 Å². The average molecular weight is 279 g/mol. The second-order valence-corrected chi connectivity index (χ2v) is 4.71. The van der Waals surface area contributed by atoms with Crippen LogP contribution in [0.2, 0.25) is 0 Å². The van der Waals surface area contributed by atoms with Gasteiger partial charge in [0, 0.05) is 32.2 Å². The summed E-state index contributed by atoms with van der Waals surface area (Å²) >= 11 is 0. The Morgan fingerprint density at radius 2 is 1.95 bits per heavy atom. The molecule has 1 saturated heterocycles. The van der Waals surface area contributed by atoms with Crippen LogP contribution in [0.1, 0.15) is 17.4 Å². The van der Waals surface area contributed by atoms with Gasteiger partial charge >= 0.3 is 0 Å². The molecule has 2 rings (SSSR count). The van der Waals surface area contributed by atoms with E-state index in [1.807, 2.05) is 4.90 Å². The Bertz CT molecular complexity index is 542. The largest absolute Gasteiger partial charge is 0.368 e. The summed E-state index contributed by atoms with van der Waals surface area (Å²) in [6.07, 6.45) is 0. The molecule has 3 N–H and O–H groups in total. The summed E-state index contributed by atoms with van der Waals surface area (Å²) in [7, 11) is 0. The van der Waals surface area contributed by atoms with E-state index in [0.29, 0.717) is 26.2 Å². The third-order valence-electron chi connectivity index (χ3n) is 3.46. The van der Waals surface area contributed by atoms with Crippen molar-refractivity contribution in [1.29, 1.82) is 0 Å². The molecule has 8 heteroatoms. The topological polar surface area (TPSA) is 112 Å². The Morgan fingerprint density at radius 3 is 2.45 bits per heavy atom. The van der Waals surface area contributed by atoms with Crippen LogP contribution in [-0.4, -0.2) is 64.0 Å². The van der Waals surface area contributed by atoms with E-state index < -0.39 is 0 Å². The predicted molar refractivity (Wildman–Crippen MR) is 71.0 cm³/mol. The molecule has 0 aromatic carbocycles. The number of hydrogen-bond acceptors (Lipinski definition) is 5. The molecule has 1 aliphatic rings. The van der Waals surface area contributed by atoms with E-state index in [1.54, 1.807) is 11.8 Å². The Kier molecular flexibility index (Phi) is 4.14. The highest BCUT2D eigenvalue weighted by molar-refractivity contribution is 5.92. The molecule has 2 amide bonds. The molecule has 1 unspecified atom stereocenters. The van der Waals surface area contributed by atoms with Gasteiger partial charge in [-0.05, 0) is 13.0 Å². The summed E-state index contributed by atoms with van der Waals surface area (Å²) in [5.74, 6) is -0.597. The van der Waals surface area contributed by atoms with E-state index in [-0.39, 0.29) is 29.1 Å². The highest BCUT2D eigenvalue weighted by Crippen LogP contribution is 2.08. The van der Waals surface area contributed by atoms with Gasteiger partial charge in [0.2, 0.25) is 5.91 Å². The van der Waals surface area contributed by atoms with Crippen LogP contribution >= 0.6 is 0 Å². The van der Waals surface area contributed by atoms with Crippen molar-refractivity contribution in [1.82, 2.24) is 20.0 Å². The number of aromatic amines is 1. The zero-order valence-corrected chi connectivity index (χ0v) is 11.2. The van der Waals surface area contributed by atoms with E-state index in [2.05, 4.69) is 10.2 Å². The number of carbonyl (C=O) groups excluding carboxylic acids is 2. The van der Waals surface area contributed by atoms with Crippen LogP contribution < -0.4 is 11.3 Å². The van der Waals surface area contributed by atoms with Gasteiger partial charge in [0.05, 0.1) is 6.04 Å². The van der Waals surface area contributed by atoms with Crippen LogP contribution in [0.15, 0.2) is 16.9 Å². The van der Waals surface area contributed by atoms with Gasteiger partial charge in [0.15, 0.2) is 0 Å². The number of carbonyl (C=O) groups is 2. The molecule has 2 heterocycles. The van der Waals surface area contributed by atoms with Gasteiger partial charge < -0.3 is 10.6 Å². The van der Waals surface area contributed by atoms with Gasteiger partial charge in [-0.1, -0.05) is 0 Å². The lowest BCUT2D eigenvalue weighted by molar-refractivity contribution is -0.123. The van der Waals surface area contributed by atoms with Gasteiger partial charge in [-0.3, -0.25) is 19.3 Å². The third-order valence-corrected chi connectivity index (χ3v) is 3.46. The maximum atomic E-state index is 12.2. The molecule has 1 atom stereocenters. The maximum Gasteiger partial charge on any atom is 0.274 e. The lowest BCUT2D eigenvalue weighted by atomic mass is 10.2. The molecular formula is C12H17N5O3. The van der Waals surface area contributed by atoms with Crippen molar-refractivity contribution in [2.45, 2.75) is 13.0 Å². The summed E-state index contributed by atoms with van der Waals surface area (Å²) in [6.45, 7) is 3.91. The molecule has 0 spiro atoms. The van der Waals surface area contributed by atoms with Crippen molar-refractivity contribution in [3.8, 4) is 0 Å². The van der Waals surface area contributed by atoms with Gasteiger partial charge in [-0.25, -0.2) is 5.10 Å². The van der Waals surface area contributed by atoms with E-state index in [4.69, 9.17) is 5.73 Å². The van der Waals surface area contributed by atoms with Crippen LogP contribution in [-0.2, 0) is 4.79 Å². The average Bonchev–Trinajstić information content (AvgIpc) is 2.46. The summed E-state index contributed by atoms with van der Waals surface area (Å²) in [5.41, 5.74) is 5.13. The number of hydrogen-bond donors (Lipinski definition) is 2. The van der Waals surface area contributed by atoms with Crippen molar-refractivity contribution < 1.29 is 9.59 Å². The van der Waals surface area contributed by atoms with Gasteiger partial charge in [0.25, 0.3) is 11.5 Å². The van der Waals surface area contributed by atoms with E-state index in [0.717, 1.165) is 0 Å². The van der Waals surface area contributed by atoms with Gasteiger partial charge in [-0.2, -0.15) is 5.10 Å². The Hall–Kier alpha value is -2.22. The fourth-order valence-electron chi connectivity index (χ4n) is 2.12. The lowest BCUT2D eigenvalue weighted by Gasteiger charge is -2.36. The second-order valence-electron chi connectivity index (χ2n) is 4.71. The molecule has 20 heavy (non-hydrogen) atoms. The lowest BCUT2D eigenvalue weighted by Crippen LogP contribution is -2.54. The standard InChI is InChI=1S/C12H17N5O3/c1-8(11(13)19)16-4-6-17(7-5-16)12(20)9-2-3-10(18)15-14-9/h2-3,8H,4-7H2,1H3,(H2,13,19)(H,15,18). The third kappa shape index (κ3) is 3.02. The molecule has 1 aromatic heterocycles. The van der Waals surface area contributed by atoms with E-state index in [1.165, 1.54) is 12.1 Å². The first-order valence-electron chi connectivity index (χ1n) is 6.37.